The number of aryl methyl sites for hydroxylation is 1. The highest BCUT2D eigenvalue weighted by Gasteiger charge is 2.33. The summed E-state index contributed by atoms with van der Waals surface area (Å²) in [6.45, 7) is 2.81. The van der Waals surface area contributed by atoms with E-state index in [1.54, 1.807) is 0 Å². The van der Waals surface area contributed by atoms with Crippen LogP contribution >= 0.6 is 0 Å². The molecule has 2 saturated heterocycles. The zero-order valence-corrected chi connectivity index (χ0v) is 17.7. The maximum Gasteiger partial charge on any atom is 0.225 e. The van der Waals surface area contributed by atoms with E-state index in [4.69, 9.17) is 4.98 Å². The molecule has 1 N–H and O–H groups in total. The third-order valence-corrected chi connectivity index (χ3v) is 6.35. The average Bonchev–Trinajstić information content (AvgIpc) is 3.59. The first kappa shape index (κ1) is 19.7. The summed E-state index contributed by atoms with van der Waals surface area (Å²) >= 11 is 0. The maximum atomic E-state index is 13.1. The normalized spacial score (nSPS) is 18.6. The molecule has 3 aromatic rings. The molecule has 31 heavy (non-hydrogen) atoms. The van der Waals surface area contributed by atoms with Crippen LogP contribution < -0.4 is 4.90 Å². The Kier molecular flexibility index (Phi) is 5.65. The molecule has 2 aromatic heterocycles. The van der Waals surface area contributed by atoms with Gasteiger partial charge in [-0.1, -0.05) is 30.3 Å². The number of carbonyl (C=O) groups is 1. The van der Waals surface area contributed by atoms with Gasteiger partial charge in [-0.3, -0.25) is 9.89 Å². The number of carbonyl (C=O) groups excluding carboxylic acids is 1. The Morgan fingerprint density at radius 1 is 1.06 bits per heavy atom. The number of H-pyrrole nitrogens is 1. The highest BCUT2D eigenvalue weighted by Crippen LogP contribution is 2.36. The van der Waals surface area contributed by atoms with Gasteiger partial charge < -0.3 is 9.80 Å². The van der Waals surface area contributed by atoms with Crippen LogP contribution in [-0.2, 0) is 11.2 Å². The number of nitrogens with one attached hydrogen (secondary N) is 1. The van der Waals surface area contributed by atoms with Gasteiger partial charge >= 0.3 is 0 Å². The van der Waals surface area contributed by atoms with E-state index in [2.05, 4.69) is 32.2 Å². The number of nitrogens with zero attached hydrogens (tertiary/aromatic N) is 5. The molecule has 5 rings (SSSR count). The van der Waals surface area contributed by atoms with E-state index in [0.29, 0.717) is 6.42 Å². The van der Waals surface area contributed by atoms with Crippen LogP contribution in [0, 0.1) is 0 Å². The van der Waals surface area contributed by atoms with E-state index in [0.717, 1.165) is 61.8 Å². The molecular weight excluding hydrogens is 388 g/mol. The molecule has 2 aliphatic heterocycles. The van der Waals surface area contributed by atoms with Crippen LogP contribution in [-0.4, -0.2) is 50.6 Å². The fourth-order valence-corrected chi connectivity index (χ4v) is 4.73. The fourth-order valence-electron chi connectivity index (χ4n) is 4.73. The maximum absolute atomic E-state index is 13.1. The van der Waals surface area contributed by atoms with Crippen molar-refractivity contribution in [2.75, 3.05) is 24.5 Å². The zero-order valence-electron chi connectivity index (χ0n) is 17.7. The van der Waals surface area contributed by atoms with Gasteiger partial charge in [0, 0.05) is 37.8 Å². The summed E-state index contributed by atoms with van der Waals surface area (Å²) in [5.41, 5.74) is 4.01. The molecule has 0 bridgehead atoms. The van der Waals surface area contributed by atoms with E-state index < -0.39 is 0 Å². The van der Waals surface area contributed by atoms with Gasteiger partial charge in [-0.25, -0.2) is 9.97 Å². The molecule has 1 amide bonds. The minimum atomic E-state index is 0.0194. The third-order valence-electron chi connectivity index (χ3n) is 6.35. The SMILES string of the molecule is O=C(CCc1ccccc1)N1CCC[C@H]1c1[nH]ncc1-c1ccnc(N2CCCC2)n1. The van der Waals surface area contributed by atoms with Gasteiger partial charge in [-0.05, 0) is 43.7 Å². The van der Waals surface area contributed by atoms with Crippen LogP contribution in [0.2, 0.25) is 0 Å². The van der Waals surface area contributed by atoms with E-state index in [-0.39, 0.29) is 11.9 Å². The Morgan fingerprint density at radius 2 is 1.90 bits per heavy atom. The number of rotatable bonds is 6. The van der Waals surface area contributed by atoms with Crippen molar-refractivity contribution < 1.29 is 4.79 Å². The second-order valence-corrected chi connectivity index (χ2v) is 8.36. The van der Waals surface area contributed by atoms with Crippen molar-refractivity contribution >= 4 is 11.9 Å². The van der Waals surface area contributed by atoms with Crippen LogP contribution in [0.25, 0.3) is 11.3 Å². The molecule has 2 fully saturated rings. The molecule has 160 valence electrons. The summed E-state index contributed by atoms with van der Waals surface area (Å²) < 4.78 is 0. The predicted octanol–water partition coefficient (Wildman–Crippen LogP) is 3.76. The van der Waals surface area contributed by atoms with Crippen LogP contribution in [0.3, 0.4) is 0 Å². The number of likely N-dealkylation sites (tertiary alicyclic amines) is 1. The van der Waals surface area contributed by atoms with Crippen molar-refractivity contribution in [2.45, 2.75) is 44.6 Å². The summed E-state index contributed by atoms with van der Waals surface area (Å²) in [7, 11) is 0. The first-order chi connectivity index (χ1) is 15.3. The number of benzene rings is 1. The number of anilines is 1. The van der Waals surface area contributed by atoms with Gasteiger partial charge in [0.25, 0.3) is 0 Å². The zero-order chi connectivity index (χ0) is 21.0. The molecule has 0 aliphatic carbocycles. The van der Waals surface area contributed by atoms with Gasteiger partial charge in [0.05, 0.1) is 23.6 Å². The highest BCUT2D eigenvalue weighted by molar-refractivity contribution is 5.78. The molecule has 1 aromatic carbocycles. The van der Waals surface area contributed by atoms with E-state index in [1.165, 1.54) is 18.4 Å². The van der Waals surface area contributed by atoms with Gasteiger partial charge in [0.2, 0.25) is 11.9 Å². The van der Waals surface area contributed by atoms with Crippen molar-refractivity contribution in [1.82, 2.24) is 25.1 Å². The fraction of sp³-hybridized carbons (Fsp3) is 0.417. The first-order valence-corrected chi connectivity index (χ1v) is 11.2. The monoisotopic (exact) mass is 416 g/mol. The average molecular weight is 417 g/mol. The quantitative estimate of drug-likeness (QED) is 0.662. The first-order valence-electron chi connectivity index (χ1n) is 11.2. The molecule has 7 nitrogen and oxygen atoms in total. The Bertz CT molecular complexity index is 1030. The smallest absolute Gasteiger partial charge is 0.225 e. The lowest BCUT2D eigenvalue weighted by Gasteiger charge is -2.25. The summed E-state index contributed by atoms with van der Waals surface area (Å²) in [5, 5.41) is 7.50. The van der Waals surface area contributed by atoms with E-state index >= 15 is 0 Å². The minimum absolute atomic E-state index is 0.0194. The van der Waals surface area contributed by atoms with Crippen molar-refractivity contribution in [3.63, 3.8) is 0 Å². The second-order valence-electron chi connectivity index (χ2n) is 8.36. The van der Waals surface area contributed by atoms with E-state index in [9.17, 15) is 4.79 Å². The van der Waals surface area contributed by atoms with Gasteiger partial charge in [0.1, 0.15) is 0 Å². The van der Waals surface area contributed by atoms with Crippen LogP contribution in [0.1, 0.15) is 49.4 Å². The molecule has 2 aliphatic rings. The van der Waals surface area contributed by atoms with Gasteiger partial charge in [-0.15, -0.1) is 0 Å². The molecule has 0 unspecified atom stereocenters. The van der Waals surface area contributed by atoms with Gasteiger partial charge in [0.15, 0.2) is 0 Å². The molecule has 1 atom stereocenters. The second kappa shape index (κ2) is 8.88. The number of aromatic amines is 1. The number of aromatic nitrogens is 4. The summed E-state index contributed by atoms with van der Waals surface area (Å²) in [4.78, 5) is 26.6. The molecule has 0 saturated carbocycles. The number of hydrogen-bond acceptors (Lipinski definition) is 5. The van der Waals surface area contributed by atoms with Crippen LogP contribution in [0.4, 0.5) is 5.95 Å². The Morgan fingerprint density at radius 3 is 2.74 bits per heavy atom. The van der Waals surface area contributed by atoms with Gasteiger partial charge in [-0.2, -0.15) is 5.10 Å². The lowest BCUT2D eigenvalue weighted by molar-refractivity contribution is -0.132. The Hall–Kier alpha value is -3.22. The van der Waals surface area contributed by atoms with Crippen LogP contribution in [0.5, 0.6) is 0 Å². The number of hydrogen-bond donors (Lipinski definition) is 1. The van der Waals surface area contributed by atoms with Crippen LogP contribution in [0.15, 0.2) is 48.8 Å². The van der Waals surface area contributed by atoms with Crippen molar-refractivity contribution in [3.05, 3.63) is 60.0 Å². The predicted molar refractivity (Wildman–Crippen MR) is 120 cm³/mol. The molecule has 7 heteroatoms. The summed E-state index contributed by atoms with van der Waals surface area (Å²) in [6, 6.07) is 12.2. The highest BCUT2D eigenvalue weighted by atomic mass is 16.2. The van der Waals surface area contributed by atoms with E-state index in [1.807, 2.05) is 41.6 Å². The topological polar surface area (TPSA) is 78.0 Å². The van der Waals surface area contributed by atoms with Crippen molar-refractivity contribution in [1.29, 1.82) is 0 Å². The third kappa shape index (κ3) is 4.17. The van der Waals surface area contributed by atoms with Crippen molar-refractivity contribution in [3.8, 4) is 11.3 Å². The molecule has 0 spiro atoms. The molecular formula is C24H28N6O. The summed E-state index contributed by atoms with van der Waals surface area (Å²) in [5.74, 6) is 0.983. The standard InChI is InChI=1S/C24H28N6O/c31-22(11-10-18-7-2-1-3-8-18)30-16-6-9-21(30)23-19(17-26-28-23)20-12-13-25-24(27-20)29-14-4-5-15-29/h1-3,7-8,12-13,17,21H,4-6,9-11,14-16H2,(H,26,28)/t21-/m0/s1. The largest absolute Gasteiger partial charge is 0.341 e. The number of amides is 1. The lowest BCUT2D eigenvalue weighted by atomic mass is 10.0. The van der Waals surface area contributed by atoms with Crippen molar-refractivity contribution in [2.24, 2.45) is 0 Å². The molecule has 0 radical (unpaired) electrons. The minimum Gasteiger partial charge on any atom is -0.341 e. The lowest BCUT2D eigenvalue weighted by Crippen LogP contribution is -2.31. The molecule has 4 heterocycles. The Labute approximate surface area is 182 Å². The summed E-state index contributed by atoms with van der Waals surface area (Å²) in [6.07, 6.45) is 9.26. The Balaban J connectivity index is 1.34.